The summed E-state index contributed by atoms with van der Waals surface area (Å²) in [5, 5.41) is 0.380. The summed E-state index contributed by atoms with van der Waals surface area (Å²) < 4.78 is 67.1. The predicted octanol–water partition coefficient (Wildman–Crippen LogP) is 3.02. The molecule has 1 fully saturated rings. The molecular weight excluding hydrogens is 451 g/mol. The van der Waals surface area contributed by atoms with Crippen molar-refractivity contribution in [3.63, 3.8) is 0 Å². The summed E-state index contributed by atoms with van der Waals surface area (Å²) in [6.07, 6.45) is 2.32. The predicted molar refractivity (Wildman–Crippen MR) is 115 cm³/mol. The lowest BCUT2D eigenvalue weighted by Crippen LogP contribution is -2.41. The Morgan fingerprint density at radius 2 is 1.73 bits per heavy atom. The minimum absolute atomic E-state index is 0.0780. The Kier molecular flexibility index (Phi) is 7.19. The Morgan fingerprint density at radius 3 is 2.37 bits per heavy atom. The van der Waals surface area contributed by atoms with Crippen LogP contribution in [0, 0.1) is 11.7 Å². The topological polar surface area (TPSA) is 83.6 Å². The van der Waals surface area contributed by atoms with Gasteiger partial charge in [0.25, 0.3) is 0 Å². The molecular formula is C20H24ClFN2O4S2. The third-order valence-corrected chi connectivity index (χ3v) is 8.11. The minimum atomic E-state index is -3.80. The van der Waals surface area contributed by atoms with Crippen molar-refractivity contribution >= 4 is 31.6 Å². The van der Waals surface area contributed by atoms with Crippen molar-refractivity contribution < 1.29 is 21.2 Å². The van der Waals surface area contributed by atoms with Gasteiger partial charge in [-0.1, -0.05) is 29.8 Å². The Labute approximate surface area is 182 Å². The molecule has 1 heterocycles. The fourth-order valence-corrected chi connectivity index (χ4v) is 5.95. The zero-order valence-corrected chi connectivity index (χ0v) is 18.9. The molecule has 0 aromatic heterocycles. The normalized spacial score (nSPS) is 16.6. The van der Waals surface area contributed by atoms with Gasteiger partial charge < -0.3 is 0 Å². The fraction of sp³-hybridized carbons (Fsp3) is 0.400. The number of hydrogen-bond donors (Lipinski definition) is 1. The first kappa shape index (κ1) is 23.1. The van der Waals surface area contributed by atoms with Crippen molar-refractivity contribution in [2.75, 3.05) is 25.9 Å². The van der Waals surface area contributed by atoms with E-state index in [1.165, 1.54) is 22.5 Å². The summed E-state index contributed by atoms with van der Waals surface area (Å²) >= 11 is 6.09. The summed E-state index contributed by atoms with van der Waals surface area (Å²) in [6, 6.07) is 10.8. The summed E-state index contributed by atoms with van der Waals surface area (Å²) in [5.41, 5.74) is 0.829. The van der Waals surface area contributed by atoms with Crippen LogP contribution in [0.3, 0.4) is 0 Å². The van der Waals surface area contributed by atoms with Crippen LogP contribution in [0.5, 0.6) is 0 Å². The highest BCUT2D eigenvalue weighted by atomic mass is 35.5. The summed E-state index contributed by atoms with van der Waals surface area (Å²) in [4.78, 5) is 0.114. The quantitative estimate of drug-likeness (QED) is 0.668. The maximum atomic E-state index is 14.1. The highest BCUT2D eigenvalue weighted by Gasteiger charge is 2.31. The number of rotatable bonds is 7. The minimum Gasteiger partial charge on any atom is -0.215 e. The Balaban J connectivity index is 1.79. The number of piperidine rings is 1. The number of benzene rings is 2. The molecule has 0 radical (unpaired) electrons. The third-order valence-electron chi connectivity index (χ3n) is 5.19. The van der Waals surface area contributed by atoms with E-state index in [1.54, 1.807) is 24.3 Å². The molecule has 1 N–H and O–H groups in total. The Bertz CT molecular complexity index is 1120. The maximum Gasteiger partial charge on any atom is 0.243 e. The van der Waals surface area contributed by atoms with Crippen LogP contribution in [0.25, 0.3) is 0 Å². The van der Waals surface area contributed by atoms with E-state index in [4.69, 9.17) is 11.6 Å². The number of hydrogen-bond acceptors (Lipinski definition) is 4. The second-order valence-electron chi connectivity index (χ2n) is 7.49. The lowest BCUT2D eigenvalue weighted by molar-refractivity contribution is 0.274. The van der Waals surface area contributed by atoms with Gasteiger partial charge in [-0.2, -0.15) is 4.31 Å². The first-order valence-electron chi connectivity index (χ1n) is 9.53. The number of halogens is 2. The van der Waals surface area contributed by atoms with Gasteiger partial charge in [0.1, 0.15) is 5.82 Å². The van der Waals surface area contributed by atoms with Crippen LogP contribution in [-0.2, 0) is 26.5 Å². The summed E-state index contributed by atoms with van der Waals surface area (Å²) in [6.45, 7) is 0.882. The van der Waals surface area contributed by atoms with Gasteiger partial charge in [-0.25, -0.2) is 25.9 Å². The van der Waals surface area contributed by atoms with E-state index in [-0.39, 0.29) is 17.2 Å². The van der Waals surface area contributed by atoms with Crippen LogP contribution in [0.2, 0.25) is 5.02 Å². The monoisotopic (exact) mass is 474 g/mol. The molecule has 1 aliphatic rings. The molecule has 2 aromatic rings. The highest BCUT2D eigenvalue weighted by molar-refractivity contribution is 7.89. The zero-order valence-electron chi connectivity index (χ0n) is 16.5. The summed E-state index contributed by atoms with van der Waals surface area (Å²) in [5.74, 6) is -0.325. The van der Waals surface area contributed by atoms with Gasteiger partial charge in [-0.3, -0.25) is 0 Å². The first-order valence-corrected chi connectivity index (χ1v) is 13.2. The van der Waals surface area contributed by atoms with E-state index in [9.17, 15) is 21.2 Å². The molecule has 1 aliphatic heterocycles. The molecule has 0 saturated carbocycles. The molecule has 0 bridgehead atoms. The van der Waals surface area contributed by atoms with Crippen LogP contribution in [-0.4, -0.2) is 47.0 Å². The molecule has 2 aromatic carbocycles. The van der Waals surface area contributed by atoms with Crippen molar-refractivity contribution in [1.29, 1.82) is 0 Å². The lowest BCUT2D eigenvalue weighted by Gasteiger charge is -2.31. The number of sulfonamides is 2. The van der Waals surface area contributed by atoms with E-state index >= 15 is 0 Å². The summed E-state index contributed by atoms with van der Waals surface area (Å²) in [7, 11) is -7.07. The zero-order chi connectivity index (χ0) is 21.9. The molecule has 10 heteroatoms. The van der Waals surface area contributed by atoms with Gasteiger partial charge in [-0.05, 0) is 54.2 Å². The van der Waals surface area contributed by atoms with Crippen LogP contribution >= 0.6 is 11.6 Å². The third kappa shape index (κ3) is 5.79. The molecule has 30 heavy (non-hydrogen) atoms. The molecule has 0 spiro atoms. The van der Waals surface area contributed by atoms with E-state index in [0.29, 0.717) is 48.6 Å². The van der Waals surface area contributed by atoms with Gasteiger partial charge in [0, 0.05) is 31.1 Å². The molecule has 1 saturated heterocycles. The van der Waals surface area contributed by atoms with Crippen molar-refractivity contribution in [3.05, 3.63) is 64.4 Å². The molecule has 0 unspecified atom stereocenters. The van der Waals surface area contributed by atoms with Gasteiger partial charge in [0.2, 0.25) is 20.0 Å². The van der Waals surface area contributed by atoms with E-state index in [0.717, 1.165) is 6.26 Å². The van der Waals surface area contributed by atoms with E-state index in [1.807, 2.05) is 0 Å². The van der Waals surface area contributed by atoms with Crippen LogP contribution in [0.15, 0.2) is 47.4 Å². The Morgan fingerprint density at radius 1 is 1.07 bits per heavy atom. The molecule has 3 rings (SSSR count). The van der Waals surface area contributed by atoms with Gasteiger partial charge in [0.05, 0.1) is 11.2 Å². The van der Waals surface area contributed by atoms with Crippen molar-refractivity contribution in [2.24, 2.45) is 5.92 Å². The molecule has 0 atom stereocenters. The van der Waals surface area contributed by atoms with Crippen LogP contribution in [0.1, 0.15) is 24.0 Å². The standard InChI is InChI=1S/C20H24ClFN2O4S2/c1-29(25,26)23-14-15-8-10-24(11-9-15)30(27,28)20-7-6-18(21)13-17(20)12-16-4-2-3-5-19(16)22/h2-7,13,15,23H,8-12,14H2,1H3. The van der Waals surface area contributed by atoms with Gasteiger partial charge in [-0.15, -0.1) is 0 Å². The fourth-order valence-electron chi connectivity index (χ4n) is 3.55. The number of nitrogens with one attached hydrogen (secondary N) is 1. The SMILES string of the molecule is CS(=O)(=O)NCC1CCN(S(=O)(=O)c2ccc(Cl)cc2Cc2ccccc2F)CC1. The van der Waals surface area contributed by atoms with E-state index < -0.39 is 25.9 Å². The van der Waals surface area contributed by atoms with Crippen LogP contribution in [0.4, 0.5) is 4.39 Å². The molecule has 164 valence electrons. The average molecular weight is 475 g/mol. The van der Waals surface area contributed by atoms with Crippen molar-refractivity contribution in [1.82, 2.24) is 9.03 Å². The first-order chi connectivity index (χ1) is 14.1. The Hall–Kier alpha value is -1.52. The van der Waals surface area contributed by atoms with Gasteiger partial charge in [0.15, 0.2) is 0 Å². The highest BCUT2D eigenvalue weighted by Crippen LogP contribution is 2.29. The van der Waals surface area contributed by atoms with E-state index in [2.05, 4.69) is 4.72 Å². The maximum absolute atomic E-state index is 14.1. The van der Waals surface area contributed by atoms with Crippen molar-refractivity contribution in [3.8, 4) is 0 Å². The van der Waals surface area contributed by atoms with Crippen molar-refractivity contribution in [2.45, 2.75) is 24.2 Å². The molecule has 0 amide bonds. The molecule has 0 aliphatic carbocycles. The van der Waals surface area contributed by atoms with Crippen LogP contribution < -0.4 is 4.72 Å². The average Bonchev–Trinajstić information content (AvgIpc) is 2.68. The second-order valence-corrected chi connectivity index (χ2v) is 11.7. The smallest absolute Gasteiger partial charge is 0.215 e. The molecule has 6 nitrogen and oxygen atoms in total. The number of nitrogens with zero attached hydrogens (tertiary/aromatic N) is 1. The largest absolute Gasteiger partial charge is 0.243 e. The lowest BCUT2D eigenvalue weighted by atomic mass is 9.99. The van der Waals surface area contributed by atoms with Gasteiger partial charge >= 0.3 is 0 Å². The second kappa shape index (κ2) is 9.32.